The number of halogens is 1. The van der Waals surface area contributed by atoms with Crippen LogP contribution in [0.1, 0.15) is 12.5 Å². The second-order valence-corrected chi connectivity index (χ2v) is 6.91. The Morgan fingerprint density at radius 1 is 1.47 bits per heavy atom. The van der Waals surface area contributed by atoms with Gasteiger partial charge in [-0.2, -0.15) is 0 Å². The molecule has 1 unspecified atom stereocenters. The van der Waals surface area contributed by atoms with Crippen LogP contribution in [0.2, 0.25) is 0 Å². The van der Waals surface area contributed by atoms with Crippen LogP contribution < -0.4 is 10.5 Å². The molecule has 0 bridgehead atoms. The molecule has 1 rings (SSSR count). The zero-order valence-electron chi connectivity index (χ0n) is 8.74. The van der Waals surface area contributed by atoms with Crippen LogP contribution in [0.15, 0.2) is 29.7 Å². The molecule has 15 heavy (non-hydrogen) atoms. The van der Waals surface area contributed by atoms with Gasteiger partial charge in [-0.25, -0.2) is 0 Å². The van der Waals surface area contributed by atoms with Crippen LogP contribution >= 0.6 is 34.4 Å². The minimum atomic E-state index is 0.527. The van der Waals surface area contributed by atoms with Crippen molar-refractivity contribution in [2.75, 3.05) is 7.11 Å². The smallest absolute Gasteiger partial charge is 0.118 e. The van der Waals surface area contributed by atoms with Crippen molar-refractivity contribution in [3.8, 4) is 5.75 Å². The maximum Gasteiger partial charge on any atom is 0.118 e. The van der Waals surface area contributed by atoms with Crippen molar-refractivity contribution >= 4 is 40.0 Å². The highest BCUT2D eigenvalue weighted by molar-refractivity contribution is 14.1. The molecule has 1 aromatic carbocycles. The van der Waals surface area contributed by atoms with Gasteiger partial charge in [0.1, 0.15) is 5.75 Å². The number of thioether (sulfide) groups is 1. The molecular formula is C11H14INOS. The standard InChI is InChI=1S/C11H14INOS/c1-8(12)15-7-11(13)9-3-5-10(14-2)6-4-9/h3-8H,13H2,1-2H3/b11-7-. The summed E-state index contributed by atoms with van der Waals surface area (Å²) >= 11 is 4.06. The van der Waals surface area contributed by atoms with Crippen LogP contribution in [0, 0.1) is 0 Å². The SMILES string of the molecule is COc1ccc(/C(N)=C/SC(C)I)cc1. The van der Waals surface area contributed by atoms with E-state index in [-0.39, 0.29) is 0 Å². The van der Waals surface area contributed by atoms with Crippen molar-refractivity contribution in [3.05, 3.63) is 35.2 Å². The number of hydrogen-bond donors (Lipinski definition) is 1. The first-order chi connectivity index (χ1) is 7.13. The van der Waals surface area contributed by atoms with Crippen LogP contribution in [0.25, 0.3) is 5.70 Å². The predicted octanol–water partition coefficient (Wildman–Crippen LogP) is 3.47. The van der Waals surface area contributed by atoms with Gasteiger partial charge < -0.3 is 10.5 Å². The van der Waals surface area contributed by atoms with Crippen molar-refractivity contribution in [2.24, 2.45) is 5.73 Å². The Bertz CT molecular complexity index is 335. The Balaban J connectivity index is 2.73. The van der Waals surface area contributed by atoms with Gasteiger partial charge in [0.25, 0.3) is 0 Å². The first-order valence-electron chi connectivity index (χ1n) is 4.53. The second kappa shape index (κ2) is 6.27. The summed E-state index contributed by atoms with van der Waals surface area (Å²) in [5.41, 5.74) is 7.76. The third kappa shape index (κ3) is 4.34. The lowest BCUT2D eigenvalue weighted by molar-refractivity contribution is 0.415. The minimum absolute atomic E-state index is 0.527. The number of methoxy groups -OCH3 is 1. The van der Waals surface area contributed by atoms with E-state index in [4.69, 9.17) is 10.5 Å². The molecule has 0 radical (unpaired) electrons. The molecule has 0 heterocycles. The van der Waals surface area contributed by atoms with E-state index in [0.29, 0.717) is 3.26 Å². The van der Waals surface area contributed by atoms with E-state index in [1.807, 2.05) is 29.7 Å². The monoisotopic (exact) mass is 335 g/mol. The summed E-state index contributed by atoms with van der Waals surface area (Å²) < 4.78 is 5.61. The summed E-state index contributed by atoms with van der Waals surface area (Å²) in [4.78, 5) is 0. The highest BCUT2D eigenvalue weighted by Crippen LogP contribution is 2.22. The number of alkyl halides is 1. The Morgan fingerprint density at radius 2 is 2.07 bits per heavy atom. The Kier molecular flexibility index (Phi) is 5.31. The molecule has 0 aliphatic heterocycles. The Morgan fingerprint density at radius 3 is 2.53 bits per heavy atom. The van der Waals surface area contributed by atoms with Crippen molar-refractivity contribution in [2.45, 2.75) is 10.2 Å². The summed E-state index contributed by atoms with van der Waals surface area (Å²) in [7, 11) is 1.65. The summed E-state index contributed by atoms with van der Waals surface area (Å²) in [6.07, 6.45) is 0. The lowest BCUT2D eigenvalue weighted by atomic mass is 10.2. The van der Waals surface area contributed by atoms with E-state index < -0.39 is 0 Å². The number of benzene rings is 1. The number of ether oxygens (including phenoxy) is 1. The lowest BCUT2D eigenvalue weighted by Gasteiger charge is -2.04. The highest BCUT2D eigenvalue weighted by Gasteiger charge is 1.98. The average molecular weight is 335 g/mol. The molecule has 0 amide bonds. The fraction of sp³-hybridized carbons (Fsp3) is 0.273. The second-order valence-electron chi connectivity index (χ2n) is 2.98. The summed E-state index contributed by atoms with van der Waals surface area (Å²) in [6.45, 7) is 2.13. The molecule has 1 aromatic rings. The molecule has 0 aromatic heterocycles. The van der Waals surface area contributed by atoms with Crippen LogP contribution in [0.5, 0.6) is 5.75 Å². The van der Waals surface area contributed by atoms with Gasteiger partial charge in [0.15, 0.2) is 0 Å². The Labute approximate surface area is 108 Å². The fourth-order valence-corrected chi connectivity index (χ4v) is 1.93. The third-order valence-electron chi connectivity index (χ3n) is 1.81. The molecule has 0 spiro atoms. The maximum atomic E-state index is 5.93. The number of rotatable bonds is 4. The largest absolute Gasteiger partial charge is 0.497 e. The topological polar surface area (TPSA) is 35.2 Å². The molecule has 0 aliphatic rings. The zero-order valence-corrected chi connectivity index (χ0v) is 11.7. The van der Waals surface area contributed by atoms with E-state index in [1.165, 1.54) is 0 Å². The van der Waals surface area contributed by atoms with E-state index >= 15 is 0 Å². The van der Waals surface area contributed by atoms with Gasteiger partial charge in [-0.15, -0.1) is 11.8 Å². The van der Waals surface area contributed by atoms with E-state index in [1.54, 1.807) is 18.9 Å². The molecule has 0 fully saturated rings. The normalized spacial score (nSPS) is 13.7. The molecular weight excluding hydrogens is 321 g/mol. The van der Waals surface area contributed by atoms with Gasteiger partial charge in [0.05, 0.1) is 10.4 Å². The van der Waals surface area contributed by atoms with Crippen LogP contribution in [-0.4, -0.2) is 10.4 Å². The molecule has 2 nitrogen and oxygen atoms in total. The number of nitrogens with two attached hydrogens (primary N) is 1. The predicted molar refractivity (Wildman–Crippen MR) is 76.2 cm³/mol. The maximum absolute atomic E-state index is 5.93. The van der Waals surface area contributed by atoms with E-state index in [0.717, 1.165) is 17.0 Å². The van der Waals surface area contributed by atoms with Crippen molar-refractivity contribution < 1.29 is 4.74 Å². The molecule has 4 heteroatoms. The molecule has 1 atom stereocenters. The summed E-state index contributed by atoms with van der Waals surface area (Å²) in [6, 6.07) is 7.74. The number of hydrogen-bond acceptors (Lipinski definition) is 3. The van der Waals surface area contributed by atoms with Gasteiger partial charge in [-0.3, -0.25) is 0 Å². The van der Waals surface area contributed by atoms with Gasteiger partial charge >= 0.3 is 0 Å². The third-order valence-corrected chi connectivity index (χ3v) is 3.45. The van der Waals surface area contributed by atoms with Crippen LogP contribution in [0.3, 0.4) is 0 Å². The Hall–Kier alpha value is -0.360. The average Bonchev–Trinajstić information content (AvgIpc) is 2.26. The minimum Gasteiger partial charge on any atom is -0.497 e. The molecule has 0 aliphatic carbocycles. The van der Waals surface area contributed by atoms with Crippen molar-refractivity contribution in [1.82, 2.24) is 0 Å². The van der Waals surface area contributed by atoms with Crippen LogP contribution in [-0.2, 0) is 0 Å². The molecule has 82 valence electrons. The van der Waals surface area contributed by atoms with Crippen LogP contribution in [0.4, 0.5) is 0 Å². The first kappa shape index (κ1) is 12.7. The molecule has 0 saturated heterocycles. The summed E-state index contributed by atoms with van der Waals surface area (Å²) in [5, 5.41) is 1.99. The van der Waals surface area contributed by atoms with Gasteiger partial charge in [-0.1, -0.05) is 22.6 Å². The van der Waals surface area contributed by atoms with Gasteiger partial charge in [0.2, 0.25) is 0 Å². The van der Waals surface area contributed by atoms with E-state index in [2.05, 4.69) is 29.5 Å². The van der Waals surface area contributed by atoms with Crippen molar-refractivity contribution in [1.29, 1.82) is 0 Å². The lowest BCUT2D eigenvalue weighted by Crippen LogP contribution is -1.95. The van der Waals surface area contributed by atoms with E-state index in [9.17, 15) is 0 Å². The van der Waals surface area contributed by atoms with Gasteiger partial charge in [0, 0.05) is 5.70 Å². The van der Waals surface area contributed by atoms with Gasteiger partial charge in [-0.05, 0) is 42.2 Å². The zero-order chi connectivity index (χ0) is 11.3. The quantitative estimate of drug-likeness (QED) is 0.676. The fourth-order valence-electron chi connectivity index (χ4n) is 1.02. The first-order valence-corrected chi connectivity index (χ1v) is 6.72. The molecule has 0 saturated carbocycles. The highest BCUT2D eigenvalue weighted by atomic mass is 127. The molecule has 2 N–H and O–H groups in total. The van der Waals surface area contributed by atoms with Crippen molar-refractivity contribution in [3.63, 3.8) is 0 Å². The summed E-state index contributed by atoms with van der Waals surface area (Å²) in [5.74, 6) is 0.849.